The van der Waals surface area contributed by atoms with E-state index in [-0.39, 0.29) is 5.78 Å². The van der Waals surface area contributed by atoms with Crippen molar-refractivity contribution in [2.75, 3.05) is 7.11 Å². The Labute approximate surface area is 88.7 Å². The van der Waals surface area contributed by atoms with Crippen LogP contribution in [0.25, 0.3) is 0 Å². The topological polar surface area (TPSA) is 46.5 Å². The molecule has 0 aliphatic heterocycles. The van der Waals surface area contributed by atoms with Crippen molar-refractivity contribution in [2.45, 2.75) is 24.9 Å². The van der Waals surface area contributed by atoms with Crippen molar-refractivity contribution in [3.63, 3.8) is 0 Å². The molecule has 1 N–H and O–H groups in total. The Balaban J connectivity index is 2.39. The van der Waals surface area contributed by atoms with E-state index in [0.29, 0.717) is 24.2 Å². The van der Waals surface area contributed by atoms with Crippen LogP contribution in [0.5, 0.6) is 5.75 Å². The molecular weight excluding hydrogens is 192 g/mol. The van der Waals surface area contributed by atoms with Crippen LogP contribution >= 0.6 is 0 Å². The predicted molar refractivity (Wildman–Crippen MR) is 55.7 cm³/mol. The van der Waals surface area contributed by atoms with Gasteiger partial charge in [0.1, 0.15) is 11.4 Å². The fraction of sp³-hybridized carbons (Fsp3) is 0.417. The Morgan fingerprint density at radius 1 is 1.47 bits per heavy atom. The van der Waals surface area contributed by atoms with Crippen LogP contribution in [0.4, 0.5) is 0 Å². The zero-order valence-electron chi connectivity index (χ0n) is 8.69. The smallest absolute Gasteiger partial charge is 0.168 e. The number of rotatable bonds is 2. The summed E-state index contributed by atoms with van der Waals surface area (Å²) in [5, 5.41) is 10.2. The van der Waals surface area contributed by atoms with Gasteiger partial charge < -0.3 is 9.84 Å². The van der Waals surface area contributed by atoms with Gasteiger partial charge in [-0.05, 0) is 30.5 Å². The van der Waals surface area contributed by atoms with Crippen LogP contribution in [0.15, 0.2) is 24.3 Å². The average molecular weight is 206 g/mol. The second kappa shape index (κ2) is 3.66. The lowest BCUT2D eigenvalue weighted by molar-refractivity contribution is -0.134. The fourth-order valence-corrected chi connectivity index (χ4v) is 2.04. The highest BCUT2D eigenvalue weighted by Gasteiger charge is 2.41. The molecule has 0 aromatic heterocycles. The van der Waals surface area contributed by atoms with E-state index in [1.54, 1.807) is 31.4 Å². The Kier molecular flexibility index (Phi) is 2.49. The molecule has 80 valence electrons. The molecule has 1 fully saturated rings. The van der Waals surface area contributed by atoms with E-state index in [9.17, 15) is 9.90 Å². The van der Waals surface area contributed by atoms with E-state index in [0.717, 1.165) is 6.42 Å². The van der Waals surface area contributed by atoms with Crippen molar-refractivity contribution in [1.29, 1.82) is 0 Å². The Hall–Kier alpha value is -1.35. The highest BCUT2D eigenvalue weighted by Crippen LogP contribution is 2.36. The third kappa shape index (κ3) is 1.63. The highest BCUT2D eigenvalue weighted by atomic mass is 16.5. The minimum Gasteiger partial charge on any atom is -0.497 e. The molecule has 0 spiro atoms. The van der Waals surface area contributed by atoms with Gasteiger partial charge in [-0.25, -0.2) is 0 Å². The fourth-order valence-electron chi connectivity index (χ4n) is 2.04. The number of ketones is 1. The maximum Gasteiger partial charge on any atom is 0.168 e. The lowest BCUT2D eigenvalue weighted by atomic mass is 9.91. The summed E-state index contributed by atoms with van der Waals surface area (Å²) in [7, 11) is 1.57. The van der Waals surface area contributed by atoms with E-state index in [1.165, 1.54) is 0 Å². The monoisotopic (exact) mass is 206 g/mol. The Morgan fingerprint density at radius 2 is 2.27 bits per heavy atom. The third-order valence-electron chi connectivity index (χ3n) is 2.95. The van der Waals surface area contributed by atoms with Crippen molar-refractivity contribution in [3.05, 3.63) is 29.8 Å². The van der Waals surface area contributed by atoms with E-state index >= 15 is 0 Å². The molecule has 1 saturated carbocycles. The van der Waals surface area contributed by atoms with E-state index < -0.39 is 5.60 Å². The molecule has 0 bridgehead atoms. The van der Waals surface area contributed by atoms with Crippen LogP contribution in [-0.2, 0) is 10.4 Å². The zero-order valence-corrected chi connectivity index (χ0v) is 8.69. The number of hydrogen-bond acceptors (Lipinski definition) is 3. The number of carbonyl (C=O) groups excluding carboxylic acids is 1. The summed E-state index contributed by atoms with van der Waals surface area (Å²) in [6.45, 7) is 0. The first-order valence-corrected chi connectivity index (χ1v) is 5.07. The number of aliphatic hydroxyl groups is 1. The third-order valence-corrected chi connectivity index (χ3v) is 2.95. The summed E-state index contributed by atoms with van der Waals surface area (Å²) in [6.07, 6.45) is 1.74. The lowest BCUT2D eigenvalue weighted by Gasteiger charge is -2.21. The van der Waals surface area contributed by atoms with Gasteiger partial charge in [-0.1, -0.05) is 12.1 Å². The Morgan fingerprint density at radius 3 is 2.87 bits per heavy atom. The molecule has 1 aromatic carbocycles. The van der Waals surface area contributed by atoms with Crippen molar-refractivity contribution < 1.29 is 14.6 Å². The molecule has 0 amide bonds. The molecule has 15 heavy (non-hydrogen) atoms. The van der Waals surface area contributed by atoms with Crippen LogP contribution in [-0.4, -0.2) is 18.0 Å². The van der Waals surface area contributed by atoms with Crippen LogP contribution in [0.2, 0.25) is 0 Å². The van der Waals surface area contributed by atoms with Crippen molar-refractivity contribution in [3.8, 4) is 5.75 Å². The second-order valence-electron chi connectivity index (χ2n) is 3.87. The molecule has 1 atom stereocenters. The molecule has 0 saturated heterocycles. The summed E-state index contributed by atoms with van der Waals surface area (Å²) < 4.78 is 5.07. The van der Waals surface area contributed by atoms with Crippen LogP contribution < -0.4 is 4.74 Å². The van der Waals surface area contributed by atoms with Crippen LogP contribution in [0.1, 0.15) is 24.8 Å². The Bertz CT molecular complexity index is 386. The molecule has 3 nitrogen and oxygen atoms in total. The van der Waals surface area contributed by atoms with Gasteiger partial charge in [0.15, 0.2) is 5.78 Å². The first-order chi connectivity index (χ1) is 7.16. The SMILES string of the molecule is COc1cccc(C2(O)CCCC2=O)c1. The molecule has 1 aromatic rings. The standard InChI is InChI=1S/C12H14O3/c1-15-10-5-2-4-9(8-10)12(14)7-3-6-11(12)13/h2,4-5,8,14H,3,6-7H2,1H3. The summed E-state index contributed by atoms with van der Waals surface area (Å²) in [4.78, 5) is 11.6. The number of methoxy groups -OCH3 is 1. The molecule has 1 unspecified atom stereocenters. The van der Waals surface area contributed by atoms with Crippen molar-refractivity contribution in [2.24, 2.45) is 0 Å². The van der Waals surface area contributed by atoms with Gasteiger partial charge in [0, 0.05) is 6.42 Å². The van der Waals surface area contributed by atoms with E-state index in [4.69, 9.17) is 4.74 Å². The first kappa shape index (κ1) is 10.2. The highest BCUT2D eigenvalue weighted by molar-refractivity contribution is 5.90. The summed E-state index contributed by atoms with van der Waals surface area (Å²) in [6, 6.07) is 7.08. The lowest BCUT2D eigenvalue weighted by Crippen LogP contribution is -2.30. The average Bonchev–Trinajstić information content (AvgIpc) is 2.61. The second-order valence-corrected chi connectivity index (χ2v) is 3.87. The molecule has 2 rings (SSSR count). The summed E-state index contributed by atoms with van der Waals surface area (Å²) in [5.74, 6) is 0.580. The largest absolute Gasteiger partial charge is 0.497 e. The molecule has 3 heteroatoms. The number of carbonyl (C=O) groups is 1. The minimum absolute atomic E-state index is 0.0873. The van der Waals surface area contributed by atoms with Crippen molar-refractivity contribution >= 4 is 5.78 Å². The van der Waals surface area contributed by atoms with Gasteiger partial charge in [0.05, 0.1) is 7.11 Å². The predicted octanol–water partition coefficient (Wildman–Crippen LogP) is 1.64. The summed E-state index contributed by atoms with van der Waals surface area (Å²) in [5.41, 5.74) is -0.640. The minimum atomic E-state index is -1.28. The normalized spacial score (nSPS) is 25.6. The quantitative estimate of drug-likeness (QED) is 0.800. The number of benzene rings is 1. The maximum absolute atomic E-state index is 11.6. The van der Waals surface area contributed by atoms with Crippen LogP contribution in [0.3, 0.4) is 0 Å². The van der Waals surface area contributed by atoms with Crippen LogP contribution in [0, 0.1) is 0 Å². The number of ether oxygens (including phenoxy) is 1. The van der Waals surface area contributed by atoms with Crippen molar-refractivity contribution in [1.82, 2.24) is 0 Å². The van der Waals surface area contributed by atoms with E-state index in [2.05, 4.69) is 0 Å². The number of Topliss-reactive ketones (excluding diaryl/α,β-unsaturated/α-hetero) is 1. The molecule has 1 aliphatic rings. The molecular formula is C12H14O3. The number of hydrogen-bond donors (Lipinski definition) is 1. The zero-order chi connectivity index (χ0) is 10.9. The maximum atomic E-state index is 11.6. The summed E-state index contributed by atoms with van der Waals surface area (Å²) >= 11 is 0. The van der Waals surface area contributed by atoms with Gasteiger partial charge in [-0.2, -0.15) is 0 Å². The van der Waals surface area contributed by atoms with Gasteiger partial charge in [0.2, 0.25) is 0 Å². The van der Waals surface area contributed by atoms with Gasteiger partial charge in [-0.15, -0.1) is 0 Å². The first-order valence-electron chi connectivity index (χ1n) is 5.07. The molecule has 1 aliphatic carbocycles. The van der Waals surface area contributed by atoms with E-state index in [1.807, 2.05) is 0 Å². The van der Waals surface area contributed by atoms with Gasteiger partial charge in [-0.3, -0.25) is 4.79 Å². The molecule has 0 heterocycles. The van der Waals surface area contributed by atoms with Gasteiger partial charge in [0.25, 0.3) is 0 Å². The molecule has 0 radical (unpaired) electrons. The van der Waals surface area contributed by atoms with Gasteiger partial charge >= 0.3 is 0 Å².